The Balaban J connectivity index is 2.67. The summed E-state index contributed by atoms with van der Waals surface area (Å²) in [5.41, 5.74) is 0.506. The summed E-state index contributed by atoms with van der Waals surface area (Å²) < 4.78 is 27.8. The van der Waals surface area contributed by atoms with Crippen molar-refractivity contribution in [3.05, 3.63) is 29.8 Å². The molecule has 15 heavy (non-hydrogen) atoms. The SMILES string of the molecule is CSCC(=O)c1ccc(OC(F)F)cc1. The summed E-state index contributed by atoms with van der Waals surface area (Å²) in [6.45, 7) is -2.84. The smallest absolute Gasteiger partial charge is 0.387 e. The number of carbonyl (C=O) groups is 1. The molecule has 0 fully saturated rings. The molecule has 0 saturated heterocycles. The molecule has 0 unspecified atom stereocenters. The van der Waals surface area contributed by atoms with Crippen molar-refractivity contribution in [1.29, 1.82) is 0 Å². The van der Waals surface area contributed by atoms with Crippen molar-refractivity contribution in [2.45, 2.75) is 6.61 Å². The average Bonchev–Trinajstić information content (AvgIpc) is 2.18. The third kappa shape index (κ3) is 3.87. The van der Waals surface area contributed by atoms with Gasteiger partial charge in [-0.3, -0.25) is 4.79 Å². The summed E-state index contributed by atoms with van der Waals surface area (Å²) in [6, 6.07) is 5.69. The monoisotopic (exact) mass is 232 g/mol. The molecule has 0 amide bonds. The average molecular weight is 232 g/mol. The van der Waals surface area contributed by atoms with E-state index in [4.69, 9.17) is 0 Å². The van der Waals surface area contributed by atoms with Gasteiger partial charge in [-0.05, 0) is 30.5 Å². The Hall–Kier alpha value is -1.10. The van der Waals surface area contributed by atoms with E-state index in [1.165, 1.54) is 36.0 Å². The Kier molecular flexibility index (Phi) is 4.55. The van der Waals surface area contributed by atoms with Crippen LogP contribution in [0.15, 0.2) is 24.3 Å². The van der Waals surface area contributed by atoms with Crippen molar-refractivity contribution in [3.63, 3.8) is 0 Å². The minimum Gasteiger partial charge on any atom is -0.435 e. The predicted octanol–water partition coefficient (Wildman–Crippen LogP) is 2.83. The molecule has 0 aliphatic heterocycles. The van der Waals surface area contributed by atoms with E-state index in [9.17, 15) is 13.6 Å². The van der Waals surface area contributed by atoms with Crippen LogP contribution in [-0.2, 0) is 0 Å². The summed E-state index contributed by atoms with van der Waals surface area (Å²) in [5.74, 6) is 0.423. The van der Waals surface area contributed by atoms with E-state index >= 15 is 0 Å². The number of ether oxygens (including phenoxy) is 1. The summed E-state index contributed by atoms with van der Waals surface area (Å²) in [5, 5.41) is 0. The van der Waals surface area contributed by atoms with E-state index in [1.54, 1.807) is 0 Å². The van der Waals surface area contributed by atoms with Crippen LogP contribution in [-0.4, -0.2) is 24.4 Å². The first-order valence-electron chi connectivity index (χ1n) is 4.20. The molecule has 2 nitrogen and oxygen atoms in total. The second kappa shape index (κ2) is 5.70. The number of alkyl halides is 2. The highest BCUT2D eigenvalue weighted by molar-refractivity contribution is 7.99. The Morgan fingerprint density at radius 1 is 1.40 bits per heavy atom. The van der Waals surface area contributed by atoms with Crippen molar-refractivity contribution < 1.29 is 18.3 Å². The Morgan fingerprint density at radius 3 is 2.47 bits per heavy atom. The molecule has 0 heterocycles. The summed E-state index contributed by atoms with van der Waals surface area (Å²) >= 11 is 1.42. The minimum atomic E-state index is -2.84. The van der Waals surface area contributed by atoms with Crippen molar-refractivity contribution >= 4 is 17.5 Å². The normalized spacial score (nSPS) is 10.4. The first-order chi connectivity index (χ1) is 7.13. The third-order valence-corrected chi connectivity index (χ3v) is 2.23. The number of ketones is 1. The lowest BCUT2D eigenvalue weighted by molar-refractivity contribution is -0.0498. The lowest BCUT2D eigenvalue weighted by Crippen LogP contribution is -2.04. The highest BCUT2D eigenvalue weighted by atomic mass is 32.2. The topological polar surface area (TPSA) is 26.3 Å². The summed E-state index contributed by atoms with van der Waals surface area (Å²) in [4.78, 5) is 11.4. The van der Waals surface area contributed by atoms with Crippen LogP contribution >= 0.6 is 11.8 Å². The number of carbonyl (C=O) groups excluding carboxylic acids is 1. The molecule has 0 aliphatic carbocycles. The minimum absolute atomic E-state index is 0.0221. The van der Waals surface area contributed by atoms with Gasteiger partial charge in [0.15, 0.2) is 5.78 Å². The first kappa shape index (κ1) is 12.0. The van der Waals surface area contributed by atoms with Gasteiger partial charge in [0, 0.05) is 5.56 Å². The highest BCUT2D eigenvalue weighted by Gasteiger charge is 2.07. The zero-order valence-electron chi connectivity index (χ0n) is 8.07. The fourth-order valence-electron chi connectivity index (χ4n) is 1.04. The molecule has 0 aliphatic rings. The van der Waals surface area contributed by atoms with E-state index in [1.807, 2.05) is 6.26 Å². The molecule has 0 atom stereocenters. The van der Waals surface area contributed by atoms with Gasteiger partial charge in [-0.2, -0.15) is 20.5 Å². The van der Waals surface area contributed by atoms with E-state index < -0.39 is 6.61 Å². The number of hydrogen-bond acceptors (Lipinski definition) is 3. The van der Waals surface area contributed by atoms with Crippen LogP contribution < -0.4 is 4.74 Å². The van der Waals surface area contributed by atoms with Gasteiger partial charge in [0.05, 0.1) is 5.75 Å². The van der Waals surface area contributed by atoms with Crippen molar-refractivity contribution in [2.24, 2.45) is 0 Å². The first-order valence-corrected chi connectivity index (χ1v) is 5.60. The largest absolute Gasteiger partial charge is 0.435 e. The zero-order chi connectivity index (χ0) is 11.3. The lowest BCUT2D eigenvalue weighted by atomic mass is 10.1. The molecule has 82 valence electrons. The van der Waals surface area contributed by atoms with E-state index in [-0.39, 0.29) is 11.5 Å². The highest BCUT2D eigenvalue weighted by Crippen LogP contribution is 2.15. The molecule has 0 N–H and O–H groups in total. The summed E-state index contributed by atoms with van der Waals surface area (Å²) in [6.07, 6.45) is 1.83. The van der Waals surface area contributed by atoms with Crippen molar-refractivity contribution in [2.75, 3.05) is 12.0 Å². The molecule has 0 spiro atoms. The van der Waals surface area contributed by atoms with Crippen LogP contribution in [0.2, 0.25) is 0 Å². The predicted molar refractivity (Wildman–Crippen MR) is 55.8 cm³/mol. The fraction of sp³-hybridized carbons (Fsp3) is 0.300. The number of hydrogen-bond donors (Lipinski definition) is 0. The van der Waals surface area contributed by atoms with Crippen LogP contribution in [0.3, 0.4) is 0 Å². The van der Waals surface area contributed by atoms with E-state index in [2.05, 4.69) is 4.74 Å². The molecular formula is C10H10F2O2S. The van der Waals surface area contributed by atoms with Gasteiger partial charge in [0.25, 0.3) is 0 Å². The van der Waals surface area contributed by atoms with E-state index in [0.29, 0.717) is 11.3 Å². The van der Waals surface area contributed by atoms with Crippen LogP contribution in [0, 0.1) is 0 Å². The standard InChI is InChI=1S/C10H10F2O2S/c1-15-6-9(13)7-2-4-8(5-3-7)14-10(11)12/h2-5,10H,6H2,1H3. The molecule has 1 aromatic carbocycles. The van der Waals surface area contributed by atoms with Crippen LogP contribution in [0.4, 0.5) is 8.78 Å². The van der Waals surface area contributed by atoms with Crippen molar-refractivity contribution in [3.8, 4) is 5.75 Å². The number of thioether (sulfide) groups is 1. The Morgan fingerprint density at radius 2 is 2.00 bits per heavy atom. The number of benzene rings is 1. The van der Waals surface area contributed by atoms with Gasteiger partial charge in [-0.25, -0.2) is 0 Å². The fourth-order valence-corrected chi connectivity index (χ4v) is 1.47. The second-order valence-corrected chi connectivity index (χ2v) is 3.63. The lowest BCUT2D eigenvalue weighted by Gasteiger charge is -2.04. The number of Topliss-reactive ketones (excluding diaryl/α,β-unsaturated/α-hetero) is 1. The van der Waals surface area contributed by atoms with Crippen molar-refractivity contribution in [1.82, 2.24) is 0 Å². The van der Waals surface area contributed by atoms with Crippen LogP contribution in [0.5, 0.6) is 5.75 Å². The summed E-state index contributed by atoms with van der Waals surface area (Å²) in [7, 11) is 0. The number of rotatable bonds is 5. The molecule has 1 aromatic rings. The third-order valence-electron chi connectivity index (χ3n) is 1.68. The van der Waals surface area contributed by atoms with Gasteiger partial charge >= 0.3 is 6.61 Å². The second-order valence-electron chi connectivity index (χ2n) is 2.76. The van der Waals surface area contributed by atoms with Gasteiger partial charge in [0.1, 0.15) is 5.75 Å². The number of halogens is 2. The quantitative estimate of drug-likeness (QED) is 0.730. The van der Waals surface area contributed by atoms with Gasteiger partial charge in [-0.1, -0.05) is 0 Å². The molecule has 1 rings (SSSR count). The van der Waals surface area contributed by atoms with Gasteiger partial charge < -0.3 is 4.74 Å². The molecular weight excluding hydrogens is 222 g/mol. The Labute approximate surface area is 90.6 Å². The maximum Gasteiger partial charge on any atom is 0.387 e. The maximum absolute atomic E-state index is 11.8. The molecule has 0 saturated carbocycles. The zero-order valence-corrected chi connectivity index (χ0v) is 8.89. The van der Waals surface area contributed by atoms with Crippen LogP contribution in [0.1, 0.15) is 10.4 Å². The van der Waals surface area contributed by atoms with Gasteiger partial charge in [0.2, 0.25) is 0 Å². The molecule has 0 aromatic heterocycles. The molecule has 0 bridgehead atoms. The maximum atomic E-state index is 11.8. The Bertz CT molecular complexity index is 325. The molecule has 0 radical (unpaired) electrons. The molecule has 5 heteroatoms. The van der Waals surface area contributed by atoms with Gasteiger partial charge in [-0.15, -0.1) is 0 Å². The van der Waals surface area contributed by atoms with E-state index in [0.717, 1.165) is 0 Å². The van der Waals surface area contributed by atoms with Crippen LogP contribution in [0.25, 0.3) is 0 Å².